The number of carbonyl (C=O) groups is 1. The predicted octanol–water partition coefficient (Wildman–Crippen LogP) is 2.89. The molecule has 0 aromatic heterocycles. The zero-order chi connectivity index (χ0) is 14.1. The Labute approximate surface area is 128 Å². The molecule has 0 bridgehead atoms. The Kier molecular flexibility index (Phi) is 9.26. The Morgan fingerprint density at radius 1 is 1.10 bits per heavy atom. The van der Waals surface area contributed by atoms with Crippen molar-refractivity contribution < 1.29 is 4.79 Å². The maximum Gasteiger partial charge on any atom is 0.220 e. The quantitative estimate of drug-likeness (QED) is 0.725. The van der Waals surface area contributed by atoms with Crippen LogP contribution in [0.1, 0.15) is 39.2 Å². The molecule has 3 nitrogen and oxygen atoms in total. The highest BCUT2D eigenvalue weighted by atomic mass is 35.5. The van der Waals surface area contributed by atoms with Crippen LogP contribution in [0.15, 0.2) is 30.3 Å². The molecule has 0 fully saturated rings. The largest absolute Gasteiger partial charge is 0.355 e. The molecule has 0 atom stereocenters. The first-order valence-electron chi connectivity index (χ1n) is 7.09. The van der Waals surface area contributed by atoms with E-state index in [1.165, 1.54) is 5.56 Å². The van der Waals surface area contributed by atoms with Crippen LogP contribution < -0.4 is 10.6 Å². The van der Waals surface area contributed by atoms with Crippen molar-refractivity contribution in [3.05, 3.63) is 35.9 Å². The summed E-state index contributed by atoms with van der Waals surface area (Å²) in [6.07, 6.45) is 1.64. The van der Waals surface area contributed by atoms with Gasteiger partial charge in [0, 0.05) is 19.5 Å². The average molecular weight is 299 g/mol. The molecule has 4 heteroatoms. The van der Waals surface area contributed by atoms with E-state index >= 15 is 0 Å². The molecule has 0 radical (unpaired) electrons. The van der Waals surface area contributed by atoms with Crippen LogP contribution in [0.5, 0.6) is 0 Å². The molecule has 0 aliphatic rings. The molecule has 20 heavy (non-hydrogen) atoms. The first kappa shape index (κ1) is 18.9. The lowest BCUT2D eigenvalue weighted by Crippen LogP contribution is -2.35. The van der Waals surface area contributed by atoms with E-state index < -0.39 is 0 Å². The van der Waals surface area contributed by atoms with E-state index in [-0.39, 0.29) is 23.7 Å². The first-order valence-corrected chi connectivity index (χ1v) is 7.09. The van der Waals surface area contributed by atoms with E-state index in [1.54, 1.807) is 0 Å². The summed E-state index contributed by atoms with van der Waals surface area (Å²) in [6.45, 7) is 8.89. The minimum Gasteiger partial charge on any atom is -0.355 e. The van der Waals surface area contributed by atoms with Gasteiger partial charge in [0.05, 0.1) is 0 Å². The van der Waals surface area contributed by atoms with Crippen LogP contribution in [0.3, 0.4) is 0 Å². The van der Waals surface area contributed by atoms with Gasteiger partial charge in [0.2, 0.25) is 5.91 Å². The lowest BCUT2D eigenvalue weighted by molar-refractivity contribution is -0.122. The third-order valence-electron chi connectivity index (χ3n) is 3.21. The Morgan fingerprint density at radius 2 is 1.75 bits per heavy atom. The van der Waals surface area contributed by atoms with Gasteiger partial charge in [-0.15, -0.1) is 12.4 Å². The number of hydrogen-bond donors (Lipinski definition) is 2. The van der Waals surface area contributed by atoms with Crippen LogP contribution in [0.2, 0.25) is 0 Å². The SMILES string of the molecule is CCCNCCNC(=O)CC(C)(C)c1ccccc1.Cl. The molecule has 0 saturated heterocycles. The lowest BCUT2D eigenvalue weighted by atomic mass is 9.81. The minimum atomic E-state index is -0.123. The molecule has 0 saturated carbocycles. The number of carbonyl (C=O) groups excluding carboxylic acids is 1. The summed E-state index contributed by atoms with van der Waals surface area (Å²) in [5, 5.41) is 6.24. The summed E-state index contributed by atoms with van der Waals surface area (Å²) in [6, 6.07) is 10.2. The molecule has 114 valence electrons. The minimum absolute atomic E-state index is 0. The predicted molar refractivity (Wildman–Crippen MR) is 87.5 cm³/mol. The second-order valence-electron chi connectivity index (χ2n) is 5.53. The zero-order valence-electron chi connectivity index (χ0n) is 12.7. The molecule has 2 N–H and O–H groups in total. The third-order valence-corrected chi connectivity index (χ3v) is 3.21. The summed E-state index contributed by atoms with van der Waals surface area (Å²) in [4.78, 5) is 11.9. The standard InChI is InChI=1S/C16H26N2O.ClH/c1-4-10-17-11-12-18-15(19)13-16(2,3)14-8-6-5-7-9-14;/h5-9,17H,4,10-13H2,1-3H3,(H,18,19);1H. The van der Waals surface area contributed by atoms with Gasteiger partial charge in [0.25, 0.3) is 0 Å². The monoisotopic (exact) mass is 298 g/mol. The Morgan fingerprint density at radius 3 is 2.35 bits per heavy atom. The summed E-state index contributed by atoms with van der Waals surface area (Å²) in [5.41, 5.74) is 1.08. The molecule has 1 rings (SSSR count). The third kappa shape index (κ3) is 6.92. The van der Waals surface area contributed by atoms with Crippen LogP contribution in [0.25, 0.3) is 0 Å². The highest BCUT2D eigenvalue weighted by Gasteiger charge is 2.23. The Hall–Kier alpha value is -1.06. The molecular weight excluding hydrogens is 272 g/mol. The van der Waals surface area contributed by atoms with Crippen molar-refractivity contribution >= 4 is 18.3 Å². The normalized spacial score (nSPS) is 10.8. The van der Waals surface area contributed by atoms with Crippen LogP contribution in [-0.2, 0) is 10.2 Å². The molecular formula is C16H27ClN2O. The van der Waals surface area contributed by atoms with E-state index in [1.807, 2.05) is 18.2 Å². The maximum atomic E-state index is 11.9. The summed E-state index contributed by atoms with van der Waals surface area (Å²) in [5.74, 6) is 0.118. The fraction of sp³-hybridized carbons (Fsp3) is 0.562. The van der Waals surface area contributed by atoms with Gasteiger partial charge in [-0.2, -0.15) is 0 Å². The maximum absolute atomic E-state index is 11.9. The van der Waals surface area contributed by atoms with Gasteiger partial charge in [-0.05, 0) is 23.9 Å². The van der Waals surface area contributed by atoms with E-state index in [9.17, 15) is 4.79 Å². The number of hydrogen-bond acceptors (Lipinski definition) is 2. The smallest absolute Gasteiger partial charge is 0.220 e. The Balaban J connectivity index is 0.00000361. The molecule has 1 aromatic carbocycles. The Bertz CT molecular complexity index is 379. The van der Waals surface area contributed by atoms with Crippen LogP contribution >= 0.6 is 12.4 Å². The molecule has 1 amide bonds. The van der Waals surface area contributed by atoms with Gasteiger partial charge in [-0.25, -0.2) is 0 Å². The van der Waals surface area contributed by atoms with E-state index in [0.29, 0.717) is 13.0 Å². The van der Waals surface area contributed by atoms with Crippen molar-refractivity contribution in [1.82, 2.24) is 10.6 Å². The number of halogens is 1. The highest BCUT2D eigenvalue weighted by molar-refractivity contribution is 5.85. The van der Waals surface area contributed by atoms with Gasteiger partial charge < -0.3 is 10.6 Å². The fourth-order valence-corrected chi connectivity index (χ4v) is 2.05. The van der Waals surface area contributed by atoms with Crippen molar-refractivity contribution in [2.75, 3.05) is 19.6 Å². The number of amides is 1. The van der Waals surface area contributed by atoms with Crippen molar-refractivity contribution in [1.29, 1.82) is 0 Å². The van der Waals surface area contributed by atoms with Gasteiger partial charge in [-0.3, -0.25) is 4.79 Å². The number of rotatable bonds is 8. The van der Waals surface area contributed by atoms with Crippen molar-refractivity contribution in [3.63, 3.8) is 0 Å². The zero-order valence-corrected chi connectivity index (χ0v) is 13.6. The van der Waals surface area contributed by atoms with Crippen molar-refractivity contribution in [2.45, 2.75) is 39.0 Å². The fourth-order valence-electron chi connectivity index (χ4n) is 2.05. The highest BCUT2D eigenvalue weighted by Crippen LogP contribution is 2.26. The van der Waals surface area contributed by atoms with E-state index in [0.717, 1.165) is 19.5 Å². The number of benzene rings is 1. The van der Waals surface area contributed by atoms with Gasteiger partial charge in [-0.1, -0.05) is 51.1 Å². The topological polar surface area (TPSA) is 41.1 Å². The van der Waals surface area contributed by atoms with Crippen molar-refractivity contribution in [2.24, 2.45) is 0 Å². The van der Waals surface area contributed by atoms with Gasteiger partial charge in [0.15, 0.2) is 0 Å². The summed E-state index contributed by atoms with van der Waals surface area (Å²) >= 11 is 0. The van der Waals surface area contributed by atoms with Crippen LogP contribution in [0, 0.1) is 0 Å². The summed E-state index contributed by atoms with van der Waals surface area (Å²) in [7, 11) is 0. The van der Waals surface area contributed by atoms with Crippen LogP contribution in [-0.4, -0.2) is 25.5 Å². The number of nitrogens with one attached hydrogen (secondary N) is 2. The van der Waals surface area contributed by atoms with E-state index in [2.05, 4.69) is 43.5 Å². The molecule has 0 aliphatic heterocycles. The second-order valence-corrected chi connectivity index (χ2v) is 5.53. The van der Waals surface area contributed by atoms with Crippen LogP contribution in [0.4, 0.5) is 0 Å². The molecule has 0 unspecified atom stereocenters. The second kappa shape index (κ2) is 9.78. The molecule has 0 heterocycles. The first-order chi connectivity index (χ1) is 9.06. The van der Waals surface area contributed by atoms with Crippen molar-refractivity contribution in [3.8, 4) is 0 Å². The summed E-state index contributed by atoms with van der Waals surface area (Å²) < 4.78 is 0. The molecule has 0 spiro atoms. The van der Waals surface area contributed by atoms with Gasteiger partial charge >= 0.3 is 0 Å². The average Bonchev–Trinajstić information content (AvgIpc) is 2.39. The molecule has 1 aromatic rings. The van der Waals surface area contributed by atoms with Gasteiger partial charge in [0.1, 0.15) is 0 Å². The lowest BCUT2D eigenvalue weighted by Gasteiger charge is -2.24. The van der Waals surface area contributed by atoms with E-state index in [4.69, 9.17) is 0 Å². The molecule has 0 aliphatic carbocycles.